The molecule has 5 atom stereocenters. The second kappa shape index (κ2) is 9.60. The van der Waals surface area contributed by atoms with Crippen molar-refractivity contribution < 1.29 is 32.2 Å². The van der Waals surface area contributed by atoms with Gasteiger partial charge in [0.05, 0.1) is 47.6 Å². The van der Waals surface area contributed by atoms with Crippen molar-refractivity contribution in [1.82, 2.24) is 9.21 Å². The fraction of sp³-hybridized carbons (Fsp3) is 0.387. The number of benzene rings is 2. The number of ether oxygens (including phenoxy) is 2. The van der Waals surface area contributed by atoms with Crippen molar-refractivity contribution in [2.75, 3.05) is 20.7 Å². The molecule has 1 N–H and O–H groups in total. The van der Waals surface area contributed by atoms with Gasteiger partial charge in [0.25, 0.3) is 0 Å². The minimum absolute atomic E-state index is 0.135. The lowest BCUT2D eigenvalue weighted by Gasteiger charge is -2.64. The second-order valence-electron chi connectivity index (χ2n) is 11.5. The zero-order chi connectivity index (χ0) is 29.4. The van der Waals surface area contributed by atoms with Crippen LogP contribution in [0.1, 0.15) is 36.0 Å². The van der Waals surface area contributed by atoms with Gasteiger partial charge in [0.15, 0.2) is 11.5 Å². The van der Waals surface area contributed by atoms with Gasteiger partial charge in [-0.05, 0) is 73.7 Å². The van der Waals surface area contributed by atoms with Crippen LogP contribution in [0.25, 0.3) is 6.08 Å². The van der Waals surface area contributed by atoms with E-state index in [2.05, 4.69) is 0 Å². The number of amides is 1. The van der Waals surface area contributed by atoms with Crippen molar-refractivity contribution in [3.05, 3.63) is 82.8 Å². The molecule has 2 bridgehead atoms. The van der Waals surface area contributed by atoms with E-state index in [1.165, 1.54) is 22.5 Å². The van der Waals surface area contributed by atoms with Crippen molar-refractivity contribution in [2.45, 2.75) is 59.8 Å². The Labute approximate surface area is 249 Å². The SMILES string of the molecule is COc1ccc2c3c1O[C@H]1[C@H](N(C)C(=O)/C=C\c4ccoc4)CC[C@@]4(O)[C@@H](C2)N(S(=O)(=O)c2ccc(Cl)cc2)CC[C@]314. The predicted octanol–water partition coefficient (Wildman–Crippen LogP) is 4.03. The van der Waals surface area contributed by atoms with E-state index in [4.69, 9.17) is 25.5 Å². The van der Waals surface area contributed by atoms with Crippen LogP contribution in [-0.4, -0.2) is 73.1 Å². The molecule has 1 saturated carbocycles. The monoisotopic (exact) mass is 610 g/mol. The Balaban J connectivity index is 1.31. The molecule has 220 valence electrons. The number of halogens is 1. The number of carbonyl (C=O) groups excluding carboxylic acids is 1. The normalized spacial score (nSPS) is 29.7. The fourth-order valence-electron chi connectivity index (χ4n) is 7.88. The van der Waals surface area contributed by atoms with Crippen molar-refractivity contribution in [3.63, 3.8) is 0 Å². The second-order valence-corrected chi connectivity index (χ2v) is 13.9. The molecule has 1 saturated heterocycles. The quantitative estimate of drug-likeness (QED) is 0.420. The van der Waals surface area contributed by atoms with Gasteiger partial charge in [-0.1, -0.05) is 17.7 Å². The van der Waals surface area contributed by atoms with E-state index in [1.807, 2.05) is 12.1 Å². The molecule has 2 fully saturated rings. The highest BCUT2D eigenvalue weighted by atomic mass is 35.5. The number of piperidine rings is 1. The average Bonchev–Trinajstić information content (AvgIpc) is 3.61. The molecule has 2 aliphatic heterocycles. The van der Waals surface area contributed by atoms with Gasteiger partial charge in [-0.2, -0.15) is 4.31 Å². The van der Waals surface area contributed by atoms with Gasteiger partial charge >= 0.3 is 0 Å². The van der Waals surface area contributed by atoms with Crippen molar-refractivity contribution >= 4 is 33.6 Å². The highest BCUT2D eigenvalue weighted by Crippen LogP contribution is 2.66. The first-order chi connectivity index (χ1) is 20.1. The number of sulfonamides is 1. The highest BCUT2D eigenvalue weighted by molar-refractivity contribution is 7.89. The minimum atomic E-state index is -3.94. The number of likely N-dealkylation sites (N-methyl/N-ethyl adjacent to an activating group) is 1. The predicted molar refractivity (Wildman–Crippen MR) is 155 cm³/mol. The lowest BCUT2D eigenvalue weighted by molar-refractivity contribution is -0.186. The number of hydrogen-bond acceptors (Lipinski definition) is 7. The summed E-state index contributed by atoms with van der Waals surface area (Å²) in [4.78, 5) is 15.2. The maximum Gasteiger partial charge on any atom is 0.246 e. The molecule has 3 aromatic rings. The van der Waals surface area contributed by atoms with Crippen molar-refractivity contribution in [3.8, 4) is 11.5 Å². The molecule has 7 rings (SSSR count). The largest absolute Gasteiger partial charge is 0.493 e. The van der Waals surface area contributed by atoms with Crippen LogP contribution in [-0.2, 0) is 26.7 Å². The molecule has 1 amide bonds. The Morgan fingerprint density at radius 2 is 1.98 bits per heavy atom. The zero-order valence-corrected chi connectivity index (χ0v) is 24.8. The lowest BCUT2D eigenvalue weighted by atomic mass is 9.48. The molecule has 1 spiro atoms. The molecule has 2 aromatic carbocycles. The third-order valence-corrected chi connectivity index (χ3v) is 12.0. The Morgan fingerprint density at radius 1 is 1.19 bits per heavy atom. The number of hydrogen-bond donors (Lipinski definition) is 1. The number of nitrogens with zero attached hydrogens (tertiary/aromatic N) is 2. The van der Waals surface area contributed by atoms with Gasteiger partial charge < -0.3 is 23.9 Å². The summed E-state index contributed by atoms with van der Waals surface area (Å²) in [5, 5.41) is 13.2. The minimum Gasteiger partial charge on any atom is -0.493 e. The summed E-state index contributed by atoms with van der Waals surface area (Å²) in [5.41, 5.74) is 0.235. The van der Waals surface area contributed by atoms with Gasteiger partial charge in [-0.25, -0.2) is 8.42 Å². The van der Waals surface area contributed by atoms with Gasteiger partial charge in [0, 0.05) is 35.8 Å². The zero-order valence-electron chi connectivity index (χ0n) is 23.2. The topological polar surface area (TPSA) is 110 Å². The summed E-state index contributed by atoms with van der Waals surface area (Å²) < 4.78 is 47.0. The van der Waals surface area contributed by atoms with E-state index in [1.54, 1.807) is 55.9 Å². The molecule has 0 radical (unpaired) electrons. The van der Waals surface area contributed by atoms with E-state index in [0.29, 0.717) is 42.2 Å². The smallest absolute Gasteiger partial charge is 0.246 e. The summed E-state index contributed by atoms with van der Waals surface area (Å²) in [6.07, 6.45) is 7.10. The molecule has 9 nitrogen and oxygen atoms in total. The Hall–Kier alpha value is -3.31. The number of furan rings is 1. The van der Waals surface area contributed by atoms with Crippen LogP contribution in [0.5, 0.6) is 11.5 Å². The molecular formula is C31H31ClN2O7S. The molecule has 11 heteroatoms. The van der Waals surface area contributed by atoms with Crippen LogP contribution < -0.4 is 9.47 Å². The third-order valence-electron chi connectivity index (χ3n) is 9.81. The fourth-order valence-corrected chi connectivity index (χ4v) is 9.67. The molecule has 1 aromatic heterocycles. The van der Waals surface area contributed by atoms with Crippen LogP contribution in [0.15, 0.2) is 70.4 Å². The molecule has 0 unspecified atom stereocenters. The van der Waals surface area contributed by atoms with E-state index in [-0.39, 0.29) is 23.4 Å². The summed E-state index contributed by atoms with van der Waals surface area (Å²) in [7, 11) is -0.616. The van der Waals surface area contributed by atoms with Crippen LogP contribution >= 0.6 is 11.6 Å². The molecule has 4 aliphatic rings. The van der Waals surface area contributed by atoms with Crippen molar-refractivity contribution in [2.24, 2.45) is 0 Å². The molecule has 2 aliphatic carbocycles. The number of rotatable bonds is 6. The first kappa shape index (κ1) is 27.5. The van der Waals surface area contributed by atoms with Crippen molar-refractivity contribution in [1.29, 1.82) is 0 Å². The summed E-state index contributed by atoms with van der Waals surface area (Å²) >= 11 is 6.05. The van der Waals surface area contributed by atoms with Crippen LogP contribution in [0, 0.1) is 0 Å². The summed E-state index contributed by atoms with van der Waals surface area (Å²) in [6, 6.07) is 10.6. The van der Waals surface area contributed by atoms with Gasteiger partial charge in [0.2, 0.25) is 15.9 Å². The number of methoxy groups -OCH3 is 1. The van der Waals surface area contributed by atoms with Gasteiger partial charge in [0.1, 0.15) is 6.10 Å². The highest BCUT2D eigenvalue weighted by Gasteiger charge is 2.74. The van der Waals surface area contributed by atoms with Crippen LogP contribution in [0.4, 0.5) is 0 Å². The number of aliphatic hydroxyl groups is 1. The van der Waals surface area contributed by atoms with Crippen LogP contribution in [0.2, 0.25) is 5.02 Å². The molecule has 42 heavy (non-hydrogen) atoms. The lowest BCUT2D eigenvalue weighted by Crippen LogP contribution is -2.78. The summed E-state index contributed by atoms with van der Waals surface area (Å²) in [6.45, 7) is 0.193. The Kier molecular flexibility index (Phi) is 6.29. The number of carbonyl (C=O) groups is 1. The average molecular weight is 611 g/mol. The Morgan fingerprint density at radius 3 is 2.69 bits per heavy atom. The maximum absolute atomic E-state index is 14.0. The maximum atomic E-state index is 14.0. The standard InChI is InChI=1S/C31H31ClN2O7S/c1-33(26(35)10-3-19-12-16-40-18-19)23-11-13-31(36)25-17-20-4-9-24(39-2)28-27(20)30(31,29(23)41-28)14-15-34(25)42(37,38)22-7-5-21(32)6-8-22/h3-10,12,16,18,23,25,29,36H,11,13-15,17H2,1-2H3/b10-3-/t23-,25-,29+,30+,31-/m1/s1. The van der Waals surface area contributed by atoms with E-state index in [9.17, 15) is 18.3 Å². The van der Waals surface area contributed by atoms with Gasteiger partial charge in [-0.3, -0.25) is 4.79 Å². The first-order valence-electron chi connectivity index (χ1n) is 14.0. The van der Waals surface area contributed by atoms with E-state index in [0.717, 1.165) is 16.7 Å². The molecule has 3 heterocycles. The molecular weight excluding hydrogens is 580 g/mol. The first-order valence-corrected chi connectivity index (χ1v) is 15.8. The van der Waals surface area contributed by atoms with Crippen LogP contribution in [0.3, 0.4) is 0 Å². The Bertz CT molecular complexity index is 1690. The van der Waals surface area contributed by atoms with E-state index < -0.39 is 33.2 Å². The van der Waals surface area contributed by atoms with E-state index >= 15 is 0 Å². The summed E-state index contributed by atoms with van der Waals surface area (Å²) in [5.74, 6) is 0.930. The van der Waals surface area contributed by atoms with Gasteiger partial charge in [-0.15, -0.1) is 0 Å². The third kappa shape index (κ3) is 3.68.